The Morgan fingerprint density at radius 1 is 1.25 bits per heavy atom. The van der Waals surface area contributed by atoms with Crippen LogP contribution in [0, 0.1) is 18.3 Å². The van der Waals surface area contributed by atoms with Crippen molar-refractivity contribution in [3.8, 4) is 12.3 Å². The van der Waals surface area contributed by atoms with Gasteiger partial charge in [0.15, 0.2) is 0 Å². The molecule has 1 nitrogen and oxygen atoms in total. The van der Waals surface area contributed by atoms with Gasteiger partial charge in [-0.25, -0.2) is 0 Å². The molecule has 2 atom stereocenters. The summed E-state index contributed by atoms with van der Waals surface area (Å²) in [4.78, 5) is 0. The summed E-state index contributed by atoms with van der Waals surface area (Å²) in [6.07, 6.45) is 12.8. The van der Waals surface area contributed by atoms with E-state index >= 15 is 0 Å². The molecule has 0 amide bonds. The molecule has 0 saturated heterocycles. The van der Waals surface area contributed by atoms with Crippen LogP contribution >= 0.6 is 0 Å². The molecule has 0 bridgehead atoms. The van der Waals surface area contributed by atoms with Crippen molar-refractivity contribution < 1.29 is 5.11 Å². The smallest absolute Gasteiger partial charge is 0.0568 e. The first kappa shape index (κ1) is 9.61. The highest BCUT2D eigenvalue weighted by atomic mass is 16.3. The zero-order valence-corrected chi connectivity index (χ0v) is 7.63. The maximum atomic E-state index is 9.71. The van der Waals surface area contributed by atoms with Crippen molar-refractivity contribution in [3.63, 3.8) is 0 Å². The van der Waals surface area contributed by atoms with E-state index in [0.29, 0.717) is 5.92 Å². The molecule has 0 heterocycles. The molecule has 12 heavy (non-hydrogen) atoms. The van der Waals surface area contributed by atoms with E-state index in [0.717, 1.165) is 19.3 Å². The molecular formula is C11H18O. The fourth-order valence-corrected chi connectivity index (χ4v) is 1.97. The second kappa shape index (κ2) is 5.22. The van der Waals surface area contributed by atoms with Crippen LogP contribution in [0.25, 0.3) is 0 Å². The summed E-state index contributed by atoms with van der Waals surface area (Å²) in [5.41, 5.74) is 0. The molecule has 0 aromatic carbocycles. The Morgan fingerprint density at radius 3 is 2.75 bits per heavy atom. The molecule has 1 aliphatic carbocycles. The highest BCUT2D eigenvalue weighted by molar-refractivity contribution is 4.86. The van der Waals surface area contributed by atoms with Crippen molar-refractivity contribution in [1.29, 1.82) is 0 Å². The predicted octanol–water partition coefficient (Wildman–Crippen LogP) is 2.34. The van der Waals surface area contributed by atoms with E-state index in [9.17, 15) is 5.11 Å². The highest BCUT2D eigenvalue weighted by Crippen LogP contribution is 2.26. The Hall–Kier alpha value is -0.480. The van der Waals surface area contributed by atoms with E-state index in [1.54, 1.807) is 0 Å². The number of aliphatic hydroxyl groups excluding tert-OH is 1. The van der Waals surface area contributed by atoms with Crippen molar-refractivity contribution >= 4 is 0 Å². The van der Waals surface area contributed by atoms with Gasteiger partial charge in [-0.1, -0.05) is 19.3 Å². The maximum absolute atomic E-state index is 9.71. The lowest BCUT2D eigenvalue weighted by atomic mass is 9.93. The van der Waals surface area contributed by atoms with Crippen molar-refractivity contribution in [2.75, 3.05) is 0 Å². The van der Waals surface area contributed by atoms with Gasteiger partial charge in [0, 0.05) is 6.42 Å². The molecule has 0 radical (unpaired) electrons. The second-order valence-corrected chi connectivity index (χ2v) is 3.71. The summed E-state index contributed by atoms with van der Waals surface area (Å²) in [6, 6.07) is 0. The summed E-state index contributed by atoms with van der Waals surface area (Å²) >= 11 is 0. The minimum Gasteiger partial charge on any atom is -0.393 e. The standard InChI is InChI=1S/C11H18O/c1-2-3-7-10-8-5-4-6-9-11(10)12/h1,10-12H,3-9H2. The van der Waals surface area contributed by atoms with E-state index in [-0.39, 0.29) is 6.10 Å². The fourth-order valence-electron chi connectivity index (χ4n) is 1.97. The molecule has 1 aliphatic rings. The van der Waals surface area contributed by atoms with Gasteiger partial charge in [0.2, 0.25) is 0 Å². The van der Waals surface area contributed by atoms with Gasteiger partial charge in [0.1, 0.15) is 0 Å². The molecule has 68 valence electrons. The second-order valence-electron chi connectivity index (χ2n) is 3.71. The number of hydrogen-bond donors (Lipinski definition) is 1. The largest absolute Gasteiger partial charge is 0.393 e. The molecule has 1 saturated carbocycles. The van der Waals surface area contributed by atoms with Crippen LogP contribution in [0.1, 0.15) is 44.9 Å². The van der Waals surface area contributed by atoms with Crippen LogP contribution in [-0.4, -0.2) is 11.2 Å². The third kappa shape index (κ3) is 2.87. The number of terminal acetylenes is 1. The van der Waals surface area contributed by atoms with Crippen molar-refractivity contribution in [3.05, 3.63) is 0 Å². The fraction of sp³-hybridized carbons (Fsp3) is 0.818. The predicted molar refractivity (Wildman–Crippen MR) is 50.6 cm³/mol. The molecule has 1 heteroatoms. The monoisotopic (exact) mass is 166 g/mol. The summed E-state index contributed by atoms with van der Waals surface area (Å²) in [6.45, 7) is 0. The third-order valence-electron chi connectivity index (χ3n) is 2.78. The summed E-state index contributed by atoms with van der Waals surface area (Å²) < 4.78 is 0. The Kier molecular flexibility index (Phi) is 4.18. The average molecular weight is 166 g/mol. The minimum atomic E-state index is -0.0825. The highest BCUT2D eigenvalue weighted by Gasteiger charge is 2.20. The zero-order valence-electron chi connectivity index (χ0n) is 7.63. The molecular weight excluding hydrogens is 148 g/mol. The van der Waals surface area contributed by atoms with Gasteiger partial charge in [0.25, 0.3) is 0 Å². The molecule has 0 aromatic rings. The summed E-state index contributed by atoms with van der Waals surface area (Å²) in [5.74, 6) is 3.12. The maximum Gasteiger partial charge on any atom is 0.0568 e. The van der Waals surface area contributed by atoms with Gasteiger partial charge < -0.3 is 5.11 Å². The lowest BCUT2D eigenvalue weighted by molar-refractivity contribution is 0.0967. The van der Waals surface area contributed by atoms with Crippen LogP contribution in [0.5, 0.6) is 0 Å². The first-order valence-corrected chi connectivity index (χ1v) is 4.96. The number of rotatable bonds is 2. The molecule has 2 unspecified atom stereocenters. The van der Waals surface area contributed by atoms with E-state index in [4.69, 9.17) is 6.42 Å². The summed E-state index contributed by atoms with van der Waals surface area (Å²) in [7, 11) is 0. The topological polar surface area (TPSA) is 20.2 Å². The van der Waals surface area contributed by atoms with Crippen molar-refractivity contribution in [2.45, 2.75) is 51.0 Å². The van der Waals surface area contributed by atoms with Crippen molar-refractivity contribution in [2.24, 2.45) is 5.92 Å². The molecule has 1 N–H and O–H groups in total. The normalized spacial score (nSPS) is 30.7. The Morgan fingerprint density at radius 2 is 2.00 bits per heavy atom. The molecule has 1 rings (SSSR count). The van der Waals surface area contributed by atoms with Crippen LogP contribution < -0.4 is 0 Å². The lowest BCUT2D eigenvalue weighted by Crippen LogP contribution is -2.18. The first-order valence-electron chi connectivity index (χ1n) is 4.96. The Labute approximate surface area is 75.2 Å². The van der Waals surface area contributed by atoms with Crippen molar-refractivity contribution in [1.82, 2.24) is 0 Å². The zero-order chi connectivity index (χ0) is 8.81. The van der Waals surface area contributed by atoms with Crippen LogP contribution in [0.15, 0.2) is 0 Å². The van der Waals surface area contributed by atoms with Gasteiger partial charge in [-0.15, -0.1) is 12.3 Å². The summed E-state index contributed by atoms with van der Waals surface area (Å²) in [5, 5.41) is 9.71. The van der Waals surface area contributed by atoms with Gasteiger partial charge in [-0.05, 0) is 25.2 Å². The first-order chi connectivity index (χ1) is 5.84. The Balaban J connectivity index is 2.32. The van der Waals surface area contributed by atoms with Crippen LogP contribution in [0.4, 0.5) is 0 Å². The van der Waals surface area contributed by atoms with Crippen LogP contribution in [-0.2, 0) is 0 Å². The SMILES string of the molecule is C#CCCC1CCCCCC1O. The Bertz CT molecular complexity index is 157. The van der Waals surface area contributed by atoms with E-state index in [1.807, 2.05) is 0 Å². The van der Waals surface area contributed by atoms with E-state index < -0.39 is 0 Å². The minimum absolute atomic E-state index is 0.0825. The van der Waals surface area contributed by atoms with E-state index in [1.165, 1.54) is 25.7 Å². The van der Waals surface area contributed by atoms with Gasteiger partial charge in [-0.2, -0.15) is 0 Å². The third-order valence-corrected chi connectivity index (χ3v) is 2.78. The van der Waals surface area contributed by atoms with Gasteiger partial charge in [0.05, 0.1) is 6.10 Å². The number of hydrogen-bond acceptors (Lipinski definition) is 1. The van der Waals surface area contributed by atoms with Crippen LogP contribution in [0.3, 0.4) is 0 Å². The van der Waals surface area contributed by atoms with Gasteiger partial charge >= 0.3 is 0 Å². The number of aliphatic hydroxyl groups is 1. The molecule has 0 spiro atoms. The van der Waals surface area contributed by atoms with Crippen LogP contribution in [0.2, 0.25) is 0 Å². The quantitative estimate of drug-likeness (QED) is 0.493. The lowest BCUT2D eigenvalue weighted by Gasteiger charge is -2.18. The molecule has 0 aliphatic heterocycles. The van der Waals surface area contributed by atoms with E-state index in [2.05, 4.69) is 5.92 Å². The molecule has 0 aromatic heterocycles. The average Bonchev–Trinajstić information content (AvgIpc) is 2.27. The van der Waals surface area contributed by atoms with Gasteiger partial charge in [-0.3, -0.25) is 0 Å². The molecule has 1 fully saturated rings.